The first kappa shape index (κ1) is 30.2. The molecule has 0 amide bonds. The number of benzene rings is 3. The summed E-state index contributed by atoms with van der Waals surface area (Å²) in [6.07, 6.45) is 3.99. The highest BCUT2D eigenvalue weighted by atomic mass is 16.5. The fourth-order valence-corrected chi connectivity index (χ4v) is 7.17. The Labute approximate surface area is 270 Å². The Morgan fingerprint density at radius 3 is 2.59 bits per heavy atom. The molecule has 3 aromatic carbocycles. The van der Waals surface area contributed by atoms with E-state index in [1.54, 1.807) is 0 Å². The summed E-state index contributed by atoms with van der Waals surface area (Å²) in [4.78, 5) is 17.9. The zero-order valence-electron chi connectivity index (χ0n) is 27.3. The van der Waals surface area contributed by atoms with Gasteiger partial charge in [0, 0.05) is 28.5 Å². The summed E-state index contributed by atoms with van der Waals surface area (Å²) >= 11 is 0. The van der Waals surface area contributed by atoms with E-state index in [1.807, 2.05) is 38.3 Å². The van der Waals surface area contributed by atoms with Gasteiger partial charge in [0.05, 0.1) is 23.6 Å². The van der Waals surface area contributed by atoms with E-state index in [-0.39, 0.29) is 0 Å². The predicted octanol–water partition coefficient (Wildman–Crippen LogP) is 8.88. The van der Waals surface area contributed by atoms with Crippen molar-refractivity contribution < 1.29 is 19.4 Å². The fourth-order valence-electron chi connectivity index (χ4n) is 7.17. The number of aryl methyl sites for hydroxylation is 3. The molecule has 236 valence electrons. The molecule has 0 radical (unpaired) electrons. The topological polar surface area (TPSA) is 86.0 Å². The van der Waals surface area contributed by atoms with Gasteiger partial charge in [0.15, 0.2) is 11.8 Å². The minimum absolute atomic E-state index is 0.347. The van der Waals surface area contributed by atoms with Crippen LogP contribution in [-0.2, 0) is 16.0 Å². The quantitative estimate of drug-likeness (QED) is 0.218. The molecule has 2 aromatic heterocycles. The number of aromatic nitrogens is 3. The van der Waals surface area contributed by atoms with Crippen LogP contribution in [0.5, 0.6) is 5.75 Å². The minimum atomic E-state index is -1.24. The van der Waals surface area contributed by atoms with Crippen LogP contribution in [0.25, 0.3) is 39.3 Å². The van der Waals surface area contributed by atoms with Crippen LogP contribution >= 0.6 is 0 Å². The van der Waals surface area contributed by atoms with E-state index >= 15 is 0 Å². The van der Waals surface area contributed by atoms with E-state index < -0.39 is 17.7 Å². The molecule has 0 saturated heterocycles. The molecule has 2 atom stereocenters. The van der Waals surface area contributed by atoms with Gasteiger partial charge in [0.25, 0.3) is 0 Å². The van der Waals surface area contributed by atoms with Gasteiger partial charge in [0.1, 0.15) is 5.75 Å². The number of hydrogen-bond acceptors (Lipinski definition) is 5. The number of rotatable bonds is 3. The molecule has 0 aliphatic carbocycles. The first-order valence-corrected chi connectivity index (χ1v) is 16.3. The zero-order chi connectivity index (χ0) is 32.2. The van der Waals surface area contributed by atoms with Crippen molar-refractivity contribution in [2.24, 2.45) is 0 Å². The normalized spacial score (nSPS) is 16.8. The van der Waals surface area contributed by atoms with E-state index in [9.17, 15) is 9.90 Å². The van der Waals surface area contributed by atoms with Crippen LogP contribution in [0.2, 0.25) is 0 Å². The van der Waals surface area contributed by atoms with E-state index in [1.165, 1.54) is 16.7 Å². The zero-order valence-corrected chi connectivity index (χ0v) is 27.3. The summed E-state index contributed by atoms with van der Waals surface area (Å²) in [5.41, 5.74) is 10.3. The number of aliphatic carboxylic acids is 1. The monoisotopic (exact) mass is 615 g/mol. The molecule has 7 nitrogen and oxygen atoms in total. The third-order valence-electron chi connectivity index (χ3n) is 9.30. The van der Waals surface area contributed by atoms with Crippen molar-refractivity contribution in [3.05, 3.63) is 94.7 Å². The van der Waals surface area contributed by atoms with E-state index in [0.717, 1.165) is 65.8 Å². The average Bonchev–Trinajstić information content (AvgIpc) is 3.44. The smallest absolute Gasteiger partial charge is 0.337 e. The molecule has 2 aliphatic heterocycles. The van der Waals surface area contributed by atoms with Gasteiger partial charge in [0.2, 0.25) is 0 Å². The van der Waals surface area contributed by atoms with Crippen molar-refractivity contribution in [3.63, 3.8) is 0 Å². The molecule has 4 heterocycles. The highest BCUT2D eigenvalue weighted by Crippen LogP contribution is 2.44. The van der Waals surface area contributed by atoms with Crippen LogP contribution in [0.15, 0.2) is 66.7 Å². The summed E-state index contributed by atoms with van der Waals surface area (Å²) in [6.45, 7) is 10.2. The Hall–Kier alpha value is -4.49. The Balaban J connectivity index is 1.54. The maximum atomic E-state index is 12.9. The molecular formula is C39H41N3O4. The average molecular weight is 616 g/mol. The Bertz CT molecular complexity index is 1970. The number of hydrogen-bond donors (Lipinski definition) is 1. The van der Waals surface area contributed by atoms with Gasteiger partial charge in [-0.05, 0) is 112 Å². The number of carboxylic acids is 1. The van der Waals surface area contributed by atoms with Gasteiger partial charge in [-0.1, -0.05) is 48.9 Å². The van der Waals surface area contributed by atoms with Crippen LogP contribution in [-0.4, -0.2) is 37.9 Å². The minimum Gasteiger partial charge on any atom is -0.493 e. The van der Waals surface area contributed by atoms with Crippen molar-refractivity contribution >= 4 is 11.6 Å². The Kier molecular flexibility index (Phi) is 7.68. The molecule has 0 fully saturated rings. The second-order valence-corrected chi connectivity index (χ2v) is 13.7. The third-order valence-corrected chi connectivity index (χ3v) is 9.30. The van der Waals surface area contributed by atoms with Crippen LogP contribution < -0.4 is 4.74 Å². The van der Waals surface area contributed by atoms with Gasteiger partial charge in [-0.25, -0.2) is 14.3 Å². The summed E-state index contributed by atoms with van der Waals surface area (Å²) in [5.74, 6) is 0.205. The van der Waals surface area contributed by atoms with Crippen molar-refractivity contribution in [2.45, 2.75) is 84.3 Å². The molecule has 1 N–H and O–H groups in total. The van der Waals surface area contributed by atoms with Crippen LogP contribution in [0.3, 0.4) is 0 Å². The van der Waals surface area contributed by atoms with Gasteiger partial charge in [-0.2, -0.15) is 5.10 Å². The summed E-state index contributed by atoms with van der Waals surface area (Å²) < 4.78 is 14.3. The van der Waals surface area contributed by atoms with Gasteiger partial charge in [-0.3, -0.25) is 0 Å². The highest BCUT2D eigenvalue weighted by molar-refractivity contribution is 5.83. The number of carboxylic acid groups (broad SMARTS) is 1. The first-order valence-electron chi connectivity index (χ1n) is 16.3. The molecule has 2 aliphatic rings. The lowest BCUT2D eigenvalue weighted by Crippen LogP contribution is -2.29. The largest absolute Gasteiger partial charge is 0.493 e. The highest BCUT2D eigenvalue weighted by Gasteiger charge is 2.34. The van der Waals surface area contributed by atoms with E-state index in [2.05, 4.69) is 67.6 Å². The van der Waals surface area contributed by atoms with Crippen LogP contribution in [0.1, 0.15) is 86.4 Å². The maximum Gasteiger partial charge on any atom is 0.337 e. The lowest BCUT2D eigenvalue weighted by atomic mass is 9.84. The van der Waals surface area contributed by atoms with Crippen LogP contribution in [0.4, 0.5) is 0 Å². The number of carbonyl (C=O) groups is 1. The standard InChI is InChI=1S/C39H41N3O4/c1-23-19-33-31-21-30(23)36-35(37(38(43)44)46-39(3,4)5)24(2)40-34-22-32(41-42(34)36)28-15-10-14-27(20-28)29-16-9-8-12-25(29)11-6-7-13-26(31)17-18-45-33/h8-10,12,14-16,19-22,26,37H,6-7,11,13,17-18H2,1-5H3,(H,43,44)/t26?,37-/m0/s1. The molecule has 1 unspecified atom stereocenters. The fraction of sp³-hybridized carbons (Fsp3) is 0.359. The third kappa shape index (κ3) is 5.58. The Morgan fingerprint density at radius 1 is 0.978 bits per heavy atom. The molecule has 0 saturated carbocycles. The first-order chi connectivity index (χ1) is 22.1. The van der Waals surface area contributed by atoms with E-state index in [0.29, 0.717) is 35.1 Å². The second-order valence-electron chi connectivity index (χ2n) is 13.7. The molecule has 7 rings (SSSR count). The lowest BCUT2D eigenvalue weighted by molar-refractivity contribution is -0.160. The summed E-state index contributed by atoms with van der Waals surface area (Å²) in [7, 11) is 0. The molecule has 46 heavy (non-hydrogen) atoms. The predicted molar refractivity (Wildman–Crippen MR) is 180 cm³/mol. The van der Waals surface area contributed by atoms with Crippen LogP contribution in [0, 0.1) is 13.8 Å². The Morgan fingerprint density at radius 2 is 1.78 bits per heavy atom. The molecule has 7 heteroatoms. The van der Waals surface area contributed by atoms with E-state index in [4.69, 9.17) is 19.6 Å². The lowest BCUT2D eigenvalue weighted by Gasteiger charge is -2.30. The SMILES string of the molecule is Cc1cc2c3cc1-c1c([C@H](OC(C)(C)C)C(=O)O)c(C)nc4cc(nn14)-c1cccc(c1)-c1ccccc1CCCCC3CCO2. The molecule has 0 spiro atoms. The molecule has 6 bridgehead atoms. The number of nitrogens with zero attached hydrogens (tertiary/aromatic N) is 3. The summed E-state index contributed by atoms with van der Waals surface area (Å²) in [6, 6.07) is 23.5. The van der Waals surface area contributed by atoms with Gasteiger partial charge in [-0.15, -0.1) is 0 Å². The molecular weight excluding hydrogens is 574 g/mol. The van der Waals surface area contributed by atoms with Gasteiger partial charge >= 0.3 is 5.97 Å². The van der Waals surface area contributed by atoms with Crippen molar-refractivity contribution in [1.29, 1.82) is 0 Å². The molecule has 5 aromatic rings. The maximum absolute atomic E-state index is 12.9. The van der Waals surface area contributed by atoms with Crippen molar-refractivity contribution in [1.82, 2.24) is 14.6 Å². The number of fused-ring (bicyclic) bond motifs is 8. The van der Waals surface area contributed by atoms with Crippen molar-refractivity contribution in [2.75, 3.05) is 6.61 Å². The second kappa shape index (κ2) is 11.7. The van der Waals surface area contributed by atoms with Gasteiger partial charge < -0.3 is 14.6 Å². The summed E-state index contributed by atoms with van der Waals surface area (Å²) in [5, 5.41) is 15.7. The van der Waals surface area contributed by atoms with Crippen molar-refractivity contribution in [3.8, 4) is 39.4 Å². The number of ether oxygens (including phenoxy) is 2.